The van der Waals surface area contributed by atoms with E-state index in [1.165, 1.54) is 0 Å². The van der Waals surface area contributed by atoms with Gasteiger partial charge in [-0.15, -0.1) is 0 Å². The SMILES string of the molecule is CS(=O)(=O)Cc1noc(CCCCN)n1. The van der Waals surface area contributed by atoms with Gasteiger partial charge < -0.3 is 10.3 Å². The molecule has 1 aromatic heterocycles. The van der Waals surface area contributed by atoms with Crippen LogP contribution in [0.3, 0.4) is 0 Å². The van der Waals surface area contributed by atoms with Crippen LogP contribution in [0.15, 0.2) is 4.52 Å². The maximum atomic E-state index is 10.9. The number of hydrogen-bond donors (Lipinski definition) is 1. The lowest BCUT2D eigenvalue weighted by molar-refractivity contribution is 0.370. The maximum absolute atomic E-state index is 10.9. The first-order valence-electron chi connectivity index (χ1n) is 4.70. The van der Waals surface area contributed by atoms with Crippen molar-refractivity contribution in [2.24, 2.45) is 5.73 Å². The minimum absolute atomic E-state index is 0.173. The number of sulfone groups is 1. The van der Waals surface area contributed by atoms with Crippen LogP contribution < -0.4 is 5.73 Å². The summed E-state index contributed by atoms with van der Waals surface area (Å²) in [6.45, 7) is 0.629. The van der Waals surface area contributed by atoms with Crippen molar-refractivity contribution in [1.82, 2.24) is 10.1 Å². The largest absolute Gasteiger partial charge is 0.339 e. The molecule has 6 nitrogen and oxygen atoms in total. The van der Waals surface area contributed by atoms with Crippen LogP contribution in [0.2, 0.25) is 0 Å². The van der Waals surface area contributed by atoms with Gasteiger partial charge in [0.1, 0.15) is 5.75 Å². The van der Waals surface area contributed by atoms with Gasteiger partial charge in [0.15, 0.2) is 15.7 Å². The van der Waals surface area contributed by atoms with E-state index >= 15 is 0 Å². The quantitative estimate of drug-likeness (QED) is 0.688. The Morgan fingerprint density at radius 1 is 1.40 bits per heavy atom. The molecular formula is C8H15N3O3S. The molecule has 1 rings (SSSR count). The maximum Gasteiger partial charge on any atom is 0.226 e. The van der Waals surface area contributed by atoms with Crippen LogP contribution in [-0.4, -0.2) is 31.4 Å². The van der Waals surface area contributed by atoms with E-state index < -0.39 is 9.84 Å². The Bertz CT molecular complexity index is 399. The zero-order chi connectivity index (χ0) is 11.3. The molecule has 1 heterocycles. The molecule has 0 aliphatic carbocycles. The minimum Gasteiger partial charge on any atom is -0.339 e. The lowest BCUT2D eigenvalue weighted by atomic mass is 10.2. The highest BCUT2D eigenvalue weighted by molar-refractivity contribution is 7.89. The summed E-state index contributed by atoms with van der Waals surface area (Å²) in [6.07, 6.45) is 3.55. The Labute approximate surface area is 88.8 Å². The van der Waals surface area contributed by atoms with Crippen LogP contribution in [-0.2, 0) is 22.0 Å². The van der Waals surface area contributed by atoms with Crippen molar-refractivity contribution < 1.29 is 12.9 Å². The van der Waals surface area contributed by atoms with Gasteiger partial charge in [-0.05, 0) is 19.4 Å². The first-order valence-corrected chi connectivity index (χ1v) is 6.76. The molecule has 1 aromatic rings. The second-order valence-electron chi connectivity index (χ2n) is 3.42. The van der Waals surface area contributed by atoms with Gasteiger partial charge in [-0.25, -0.2) is 8.42 Å². The molecule has 7 heteroatoms. The van der Waals surface area contributed by atoms with Crippen molar-refractivity contribution in [2.45, 2.75) is 25.0 Å². The Hall–Kier alpha value is -0.950. The normalized spacial score (nSPS) is 11.9. The van der Waals surface area contributed by atoms with Crippen LogP contribution in [0.4, 0.5) is 0 Å². The Kier molecular flexibility index (Phi) is 4.22. The highest BCUT2D eigenvalue weighted by Crippen LogP contribution is 2.04. The molecule has 0 saturated carbocycles. The van der Waals surface area contributed by atoms with Crippen LogP contribution in [0.25, 0.3) is 0 Å². The number of aryl methyl sites for hydroxylation is 1. The molecule has 0 fully saturated rings. The standard InChI is InChI=1S/C8H15N3O3S/c1-15(12,13)6-7-10-8(14-11-7)4-2-3-5-9/h2-6,9H2,1H3. The van der Waals surface area contributed by atoms with E-state index in [4.69, 9.17) is 10.3 Å². The summed E-state index contributed by atoms with van der Waals surface area (Å²) in [7, 11) is -3.09. The Balaban J connectivity index is 2.49. The van der Waals surface area contributed by atoms with Gasteiger partial charge >= 0.3 is 0 Å². The van der Waals surface area contributed by atoms with Gasteiger partial charge in [0.2, 0.25) is 5.89 Å². The number of rotatable bonds is 6. The monoisotopic (exact) mass is 233 g/mol. The van der Waals surface area contributed by atoms with E-state index in [9.17, 15) is 8.42 Å². The fourth-order valence-electron chi connectivity index (χ4n) is 1.11. The third kappa shape index (κ3) is 4.89. The highest BCUT2D eigenvalue weighted by atomic mass is 32.2. The summed E-state index contributed by atoms with van der Waals surface area (Å²) in [6, 6.07) is 0. The summed E-state index contributed by atoms with van der Waals surface area (Å²) < 4.78 is 26.8. The molecule has 2 N–H and O–H groups in total. The molecular weight excluding hydrogens is 218 g/mol. The van der Waals surface area contributed by atoms with Crippen molar-refractivity contribution in [2.75, 3.05) is 12.8 Å². The highest BCUT2D eigenvalue weighted by Gasteiger charge is 2.11. The number of nitrogens with zero attached hydrogens (tertiary/aromatic N) is 2. The lowest BCUT2D eigenvalue weighted by Crippen LogP contribution is -2.02. The molecule has 0 unspecified atom stereocenters. The van der Waals surface area contributed by atoms with Gasteiger partial charge in [0.25, 0.3) is 0 Å². The number of unbranched alkanes of at least 4 members (excludes halogenated alkanes) is 1. The second kappa shape index (κ2) is 5.22. The zero-order valence-electron chi connectivity index (χ0n) is 8.64. The lowest BCUT2D eigenvalue weighted by Gasteiger charge is -1.91. The zero-order valence-corrected chi connectivity index (χ0v) is 9.46. The fourth-order valence-corrected chi connectivity index (χ4v) is 1.69. The first kappa shape index (κ1) is 12.1. The van der Waals surface area contributed by atoms with Crippen molar-refractivity contribution in [3.8, 4) is 0 Å². The topological polar surface area (TPSA) is 99.1 Å². The summed E-state index contributed by atoms with van der Waals surface area (Å²) in [5, 5.41) is 3.58. The summed E-state index contributed by atoms with van der Waals surface area (Å²) in [5.41, 5.74) is 5.34. The van der Waals surface area contributed by atoms with Crippen LogP contribution in [0.1, 0.15) is 24.6 Å². The van der Waals surface area contributed by atoms with Crippen LogP contribution in [0.5, 0.6) is 0 Å². The summed E-state index contributed by atoms with van der Waals surface area (Å²) in [4.78, 5) is 3.97. The van der Waals surface area contributed by atoms with Gasteiger partial charge in [0, 0.05) is 12.7 Å². The van der Waals surface area contributed by atoms with Crippen molar-refractivity contribution in [3.05, 3.63) is 11.7 Å². The van der Waals surface area contributed by atoms with E-state index in [0.29, 0.717) is 18.9 Å². The van der Waals surface area contributed by atoms with E-state index in [-0.39, 0.29) is 11.6 Å². The molecule has 0 atom stereocenters. The Morgan fingerprint density at radius 2 is 2.13 bits per heavy atom. The van der Waals surface area contributed by atoms with E-state index in [1.807, 2.05) is 0 Å². The average molecular weight is 233 g/mol. The third-order valence-corrected chi connectivity index (χ3v) is 2.53. The molecule has 0 aliphatic heterocycles. The predicted molar refractivity (Wildman–Crippen MR) is 54.8 cm³/mol. The molecule has 0 saturated heterocycles. The van der Waals surface area contributed by atoms with E-state index in [1.54, 1.807) is 0 Å². The number of hydrogen-bond acceptors (Lipinski definition) is 6. The molecule has 15 heavy (non-hydrogen) atoms. The molecule has 0 spiro atoms. The van der Waals surface area contributed by atoms with Crippen molar-refractivity contribution >= 4 is 9.84 Å². The first-order chi connectivity index (χ1) is 7.01. The van der Waals surface area contributed by atoms with E-state index in [0.717, 1.165) is 19.1 Å². The molecule has 0 amide bonds. The minimum atomic E-state index is -3.09. The van der Waals surface area contributed by atoms with Gasteiger partial charge in [-0.3, -0.25) is 0 Å². The summed E-state index contributed by atoms with van der Waals surface area (Å²) >= 11 is 0. The molecule has 0 aromatic carbocycles. The molecule has 0 aliphatic rings. The molecule has 86 valence electrons. The third-order valence-electron chi connectivity index (χ3n) is 1.75. The second-order valence-corrected chi connectivity index (χ2v) is 5.56. The van der Waals surface area contributed by atoms with Crippen LogP contribution >= 0.6 is 0 Å². The number of aromatic nitrogens is 2. The number of nitrogens with two attached hydrogens (primary N) is 1. The smallest absolute Gasteiger partial charge is 0.226 e. The van der Waals surface area contributed by atoms with Gasteiger partial charge in [-0.2, -0.15) is 4.98 Å². The van der Waals surface area contributed by atoms with E-state index in [2.05, 4.69) is 10.1 Å². The van der Waals surface area contributed by atoms with Crippen molar-refractivity contribution in [3.63, 3.8) is 0 Å². The average Bonchev–Trinajstić information content (AvgIpc) is 2.50. The molecule has 0 bridgehead atoms. The Morgan fingerprint density at radius 3 is 2.73 bits per heavy atom. The van der Waals surface area contributed by atoms with Crippen LogP contribution in [0, 0.1) is 0 Å². The van der Waals surface area contributed by atoms with Gasteiger partial charge in [0.05, 0.1) is 0 Å². The predicted octanol–water partition coefficient (Wildman–Crippen LogP) is -0.104. The molecule has 0 radical (unpaired) electrons. The van der Waals surface area contributed by atoms with Gasteiger partial charge in [-0.1, -0.05) is 5.16 Å². The van der Waals surface area contributed by atoms with Crippen molar-refractivity contribution in [1.29, 1.82) is 0 Å². The fraction of sp³-hybridized carbons (Fsp3) is 0.750. The summed E-state index contributed by atoms with van der Waals surface area (Å²) in [5.74, 6) is 0.523.